The Kier molecular flexibility index (Phi) is 8.80. The minimum atomic E-state index is -0.666. The maximum absolute atomic E-state index is 13.4. The van der Waals surface area contributed by atoms with Crippen molar-refractivity contribution in [3.63, 3.8) is 0 Å². The highest BCUT2D eigenvalue weighted by Crippen LogP contribution is 2.25. The van der Waals surface area contributed by atoms with Crippen LogP contribution in [0.25, 0.3) is 0 Å². The number of benzene rings is 2. The lowest BCUT2D eigenvalue weighted by Crippen LogP contribution is -2.60. The molecule has 1 fully saturated rings. The van der Waals surface area contributed by atoms with E-state index in [0.29, 0.717) is 41.8 Å². The molecule has 0 saturated carbocycles. The average Bonchev–Trinajstić information content (AvgIpc) is 2.81. The van der Waals surface area contributed by atoms with Crippen molar-refractivity contribution in [1.29, 1.82) is 0 Å². The number of anilines is 1. The summed E-state index contributed by atoms with van der Waals surface area (Å²) in [5, 5.41) is 6.51. The van der Waals surface area contributed by atoms with Crippen molar-refractivity contribution in [1.82, 2.24) is 15.1 Å². The van der Waals surface area contributed by atoms with E-state index >= 15 is 0 Å². The molecule has 4 amide bonds. The van der Waals surface area contributed by atoms with Crippen LogP contribution in [0.4, 0.5) is 10.5 Å². The van der Waals surface area contributed by atoms with Crippen molar-refractivity contribution in [2.45, 2.75) is 39.3 Å². The first-order valence-corrected chi connectivity index (χ1v) is 12.1. The summed E-state index contributed by atoms with van der Waals surface area (Å²) in [6, 6.07) is 13.4. The van der Waals surface area contributed by atoms with Crippen LogP contribution < -0.4 is 10.6 Å². The highest BCUT2D eigenvalue weighted by atomic mass is 35.5. The van der Waals surface area contributed by atoms with Crippen molar-refractivity contribution in [2.75, 3.05) is 25.0 Å². The second-order valence-electron chi connectivity index (χ2n) is 8.79. The van der Waals surface area contributed by atoms with Crippen molar-refractivity contribution < 1.29 is 14.4 Å². The number of carbonyl (C=O) groups excluding carboxylic acids is 3. The fourth-order valence-electron chi connectivity index (χ4n) is 3.84. The molecule has 2 aromatic carbocycles. The van der Waals surface area contributed by atoms with E-state index in [9.17, 15) is 14.4 Å². The van der Waals surface area contributed by atoms with Crippen LogP contribution in [0.2, 0.25) is 10.0 Å². The van der Waals surface area contributed by atoms with E-state index in [1.807, 2.05) is 37.3 Å². The first-order chi connectivity index (χ1) is 16.2. The highest BCUT2D eigenvalue weighted by Gasteiger charge is 2.33. The summed E-state index contributed by atoms with van der Waals surface area (Å²) in [4.78, 5) is 42.0. The third-order valence-electron chi connectivity index (χ3n) is 5.79. The van der Waals surface area contributed by atoms with Crippen LogP contribution >= 0.6 is 23.2 Å². The SMILES string of the molecule is CC(C)C(=O)NC(Cc1ccccc1)C(=O)N1CCN(C(=O)Nc2ccc(Cl)c(Cl)c2)C(C)C1. The topological polar surface area (TPSA) is 81.8 Å². The lowest BCUT2D eigenvalue weighted by Gasteiger charge is -2.41. The summed E-state index contributed by atoms with van der Waals surface area (Å²) in [5.41, 5.74) is 1.52. The largest absolute Gasteiger partial charge is 0.344 e. The Hall–Kier alpha value is -2.77. The number of piperazine rings is 1. The van der Waals surface area contributed by atoms with E-state index in [2.05, 4.69) is 10.6 Å². The maximum Gasteiger partial charge on any atom is 0.322 e. The first-order valence-electron chi connectivity index (χ1n) is 11.3. The van der Waals surface area contributed by atoms with Crippen LogP contribution in [0.1, 0.15) is 26.3 Å². The van der Waals surface area contributed by atoms with Crippen molar-refractivity contribution in [2.24, 2.45) is 5.92 Å². The zero-order valence-electron chi connectivity index (χ0n) is 19.6. The van der Waals surface area contributed by atoms with Gasteiger partial charge in [0.25, 0.3) is 0 Å². The lowest BCUT2D eigenvalue weighted by molar-refractivity contribution is -0.139. The fourth-order valence-corrected chi connectivity index (χ4v) is 4.14. The number of nitrogens with zero attached hydrogens (tertiary/aromatic N) is 2. The third kappa shape index (κ3) is 6.64. The van der Waals surface area contributed by atoms with Gasteiger partial charge in [-0.1, -0.05) is 67.4 Å². The highest BCUT2D eigenvalue weighted by molar-refractivity contribution is 6.42. The Morgan fingerprint density at radius 1 is 1.03 bits per heavy atom. The van der Waals surface area contributed by atoms with Crippen molar-refractivity contribution >= 4 is 46.7 Å². The van der Waals surface area contributed by atoms with Crippen LogP contribution in [0.15, 0.2) is 48.5 Å². The standard InChI is InChI=1S/C25H30Cl2N4O3/c1-16(2)23(32)29-22(13-18-7-5-4-6-8-18)24(33)30-11-12-31(17(3)15-30)25(34)28-19-9-10-20(26)21(27)14-19/h4-10,14,16-17,22H,11-13,15H2,1-3H3,(H,28,34)(H,29,32). The zero-order valence-corrected chi connectivity index (χ0v) is 21.1. The smallest absolute Gasteiger partial charge is 0.322 e. The molecule has 7 nitrogen and oxygen atoms in total. The Morgan fingerprint density at radius 3 is 2.35 bits per heavy atom. The number of nitrogens with one attached hydrogen (secondary N) is 2. The number of amides is 4. The number of hydrogen-bond donors (Lipinski definition) is 2. The second kappa shape index (κ2) is 11.6. The molecule has 182 valence electrons. The Labute approximate surface area is 210 Å². The molecule has 0 bridgehead atoms. The normalized spacial score (nSPS) is 16.8. The molecule has 2 unspecified atom stereocenters. The molecule has 2 N–H and O–H groups in total. The molecule has 0 spiro atoms. The molecule has 1 heterocycles. The van der Waals surface area contributed by atoms with Crippen LogP contribution in [0, 0.1) is 5.92 Å². The van der Waals surface area contributed by atoms with Gasteiger partial charge in [0.2, 0.25) is 11.8 Å². The van der Waals surface area contributed by atoms with Gasteiger partial charge in [0.15, 0.2) is 0 Å². The van der Waals surface area contributed by atoms with Crippen molar-refractivity contribution in [3.05, 3.63) is 64.1 Å². The summed E-state index contributed by atoms with van der Waals surface area (Å²) < 4.78 is 0. The minimum Gasteiger partial charge on any atom is -0.344 e. The van der Waals surface area contributed by atoms with Gasteiger partial charge in [-0.3, -0.25) is 9.59 Å². The summed E-state index contributed by atoms with van der Waals surface area (Å²) >= 11 is 12.0. The molecule has 3 rings (SSSR count). The van der Waals surface area contributed by atoms with Crippen LogP contribution in [0.5, 0.6) is 0 Å². The Balaban J connectivity index is 1.65. The maximum atomic E-state index is 13.4. The first kappa shape index (κ1) is 25.8. The predicted octanol–water partition coefficient (Wildman–Crippen LogP) is 4.44. The number of rotatable bonds is 6. The zero-order chi connectivity index (χ0) is 24.8. The van der Waals surface area contributed by atoms with E-state index in [-0.39, 0.29) is 29.8 Å². The molecule has 0 aliphatic carbocycles. The summed E-state index contributed by atoms with van der Waals surface area (Å²) in [5.74, 6) is -0.539. The van der Waals surface area contributed by atoms with Crippen LogP contribution in [-0.4, -0.2) is 59.4 Å². The van der Waals surface area contributed by atoms with Gasteiger partial charge in [-0.2, -0.15) is 0 Å². The average molecular weight is 505 g/mol. The van der Waals surface area contributed by atoms with E-state index in [1.165, 1.54) is 0 Å². The second-order valence-corrected chi connectivity index (χ2v) is 9.61. The van der Waals surface area contributed by atoms with Gasteiger partial charge in [0.1, 0.15) is 6.04 Å². The molecule has 1 aliphatic heterocycles. The Bertz CT molecular complexity index is 1030. The van der Waals surface area contributed by atoms with E-state index < -0.39 is 6.04 Å². The summed E-state index contributed by atoms with van der Waals surface area (Å²) in [6.45, 7) is 6.61. The minimum absolute atomic E-state index is 0.144. The molecule has 0 radical (unpaired) electrons. The van der Waals surface area contributed by atoms with Gasteiger partial charge >= 0.3 is 6.03 Å². The van der Waals surface area contributed by atoms with E-state index in [4.69, 9.17) is 23.2 Å². The fraction of sp³-hybridized carbons (Fsp3) is 0.400. The third-order valence-corrected chi connectivity index (χ3v) is 6.53. The monoisotopic (exact) mass is 504 g/mol. The van der Waals surface area contributed by atoms with Gasteiger partial charge in [0.05, 0.1) is 10.0 Å². The van der Waals surface area contributed by atoms with Gasteiger partial charge < -0.3 is 20.4 Å². The van der Waals surface area contributed by atoms with E-state index in [1.54, 1.807) is 41.8 Å². The number of carbonyl (C=O) groups is 3. The lowest BCUT2D eigenvalue weighted by atomic mass is 10.0. The van der Waals surface area contributed by atoms with Gasteiger partial charge in [-0.15, -0.1) is 0 Å². The Morgan fingerprint density at radius 2 is 1.74 bits per heavy atom. The summed E-state index contributed by atoms with van der Waals surface area (Å²) in [7, 11) is 0. The molecule has 2 aromatic rings. The number of urea groups is 1. The van der Waals surface area contributed by atoms with Crippen LogP contribution in [0.3, 0.4) is 0 Å². The van der Waals surface area contributed by atoms with Gasteiger partial charge in [0, 0.05) is 43.7 Å². The van der Waals surface area contributed by atoms with Gasteiger partial charge in [-0.25, -0.2) is 4.79 Å². The number of halogens is 2. The summed E-state index contributed by atoms with van der Waals surface area (Å²) in [6.07, 6.45) is 0.407. The molecular weight excluding hydrogens is 475 g/mol. The van der Waals surface area contributed by atoms with Crippen molar-refractivity contribution in [3.8, 4) is 0 Å². The molecule has 34 heavy (non-hydrogen) atoms. The predicted molar refractivity (Wildman–Crippen MR) is 135 cm³/mol. The molecule has 2 atom stereocenters. The van der Waals surface area contributed by atoms with E-state index in [0.717, 1.165) is 5.56 Å². The van der Waals surface area contributed by atoms with Crippen LogP contribution in [-0.2, 0) is 16.0 Å². The molecule has 1 saturated heterocycles. The molecule has 9 heteroatoms. The molecule has 0 aromatic heterocycles. The van der Waals surface area contributed by atoms with Gasteiger partial charge in [-0.05, 0) is 30.7 Å². The molecular formula is C25H30Cl2N4O3. The quantitative estimate of drug-likeness (QED) is 0.609. The molecule has 1 aliphatic rings. The number of hydrogen-bond acceptors (Lipinski definition) is 3.